The first-order valence-corrected chi connectivity index (χ1v) is 5.37. The number of amides is 2. The second-order valence-corrected chi connectivity index (χ2v) is 4.10. The summed E-state index contributed by atoms with van der Waals surface area (Å²) in [5.74, 6) is -0.324. The summed E-state index contributed by atoms with van der Waals surface area (Å²) in [6, 6.07) is 0.375. The van der Waals surface area contributed by atoms with Crippen LogP contribution >= 0.6 is 0 Å². The van der Waals surface area contributed by atoms with Crippen LogP contribution in [0.15, 0.2) is 0 Å². The molecule has 15 heavy (non-hydrogen) atoms. The van der Waals surface area contributed by atoms with Crippen molar-refractivity contribution in [1.29, 1.82) is 0 Å². The third kappa shape index (κ3) is 4.78. The molecule has 1 saturated carbocycles. The highest BCUT2D eigenvalue weighted by atomic mass is 16.2. The Hall–Kier alpha value is -1.10. The molecule has 4 N–H and O–H groups in total. The van der Waals surface area contributed by atoms with E-state index in [9.17, 15) is 9.59 Å². The number of carbonyl (C=O) groups excluding carboxylic acids is 2. The van der Waals surface area contributed by atoms with Crippen LogP contribution in [0.2, 0.25) is 0 Å². The second-order valence-electron chi connectivity index (χ2n) is 4.10. The minimum atomic E-state index is -0.189. The molecule has 0 saturated heterocycles. The van der Waals surface area contributed by atoms with E-state index in [1.54, 1.807) is 0 Å². The van der Waals surface area contributed by atoms with Gasteiger partial charge in [0.1, 0.15) is 0 Å². The average Bonchev–Trinajstić information content (AvgIpc) is 2.15. The zero-order valence-corrected chi connectivity index (χ0v) is 9.08. The molecule has 1 fully saturated rings. The van der Waals surface area contributed by atoms with Crippen LogP contribution in [0.5, 0.6) is 0 Å². The van der Waals surface area contributed by atoms with Gasteiger partial charge in [0.05, 0.1) is 6.54 Å². The summed E-state index contributed by atoms with van der Waals surface area (Å²) < 4.78 is 0. The van der Waals surface area contributed by atoms with E-state index < -0.39 is 0 Å². The van der Waals surface area contributed by atoms with E-state index in [0.29, 0.717) is 0 Å². The first-order chi connectivity index (χ1) is 7.08. The SMILES string of the molecule is CC(=O)NCC(=O)NC1CCCC(N)C1. The first-order valence-electron chi connectivity index (χ1n) is 5.37. The fraction of sp³-hybridized carbons (Fsp3) is 0.800. The van der Waals surface area contributed by atoms with E-state index in [1.165, 1.54) is 6.92 Å². The van der Waals surface area contributed by atoms with Crippen molar-refractivity contribution in [2.45, 2.75) is 44.7 Å². The molecule has 0 heterocycles. The number of rotatable bonds is 3. The Morgan fingerprint density at radius 2 is 2.13 bits per heavy atom. The molecule has 1 rings (SSSR count). The lowest BCUT2D eigenvalue weighted by Crippen LogP contribution is -2.45. The fourth-order valence-corrected chi connectivity index (χ4v) is 1.84. The van der Waals surface area contributed by atoms with Gasteiger partial charge in [-0.1, -0.05) is 0 Å². The topological polar surface area (TPSA) is 84.2 Å². The molecular formula is C10H19N3O2. The molecule has 2 amide bonds. The van der Waals surface area contributed by atoms with E-state index in [-0.39, 0.29) is 30.4 Å². The summed E-state index contributed by atoms with van der Waals surface area (Å²) in [6.07, 6.45) is 3.93. The van der Waals surface area contributed by atoms with Crippen LogP contribution in [0.1, 0.15) is 32.6 Å². The van der Waals surface area contributed by atoms with Gasteiger partial charge in [0.2, 0.25) is 11.8 Å². The van der Waals surface area contributed by atoms with E-state index in [4.69, 9.17) is 5.73 Å². The van der Waals surface area contributed by atoms with Crippen LogP contribution in [0.4, 0.5) is 0 Å². The van der Waals surface area contributed by atoms with Crippen molar-refractivity contribution >= 4 is 11.8 Å². The molecule has 2 atom stereocenters. The van der Waals surface area contributed by atoms with Crippen molar-refractivity contribution in [2.75, 3.05) is 6.54 Å². The lowest BCUT2D eigenvalue weighted by molar-refractivity contribution is -0.125. The van der Waals surface area contributed by atoms with Crippen molar-refractivity contribution in [3.63, 3.8) is 0 Å². The maximum Gasteiger partial charge on any atom is 0.239 e. The highest BCUT2D eigenvalue weighted by Gasteiger charge is 2.20. The highest BCUT2D eigenvalue weighted by molar-refractivity contribution is 5.83. The number of nitrogens with two attached hydrogens (primary N) is 1. The van der Waals surface area contributed by atoms with Crippen molar-refractivity contribution in [2.24, 2.45) is 5.73 Å². The van der Waals surface area contributed by atoms with Gasteiger partial charge in [0.15, 0.2) is 0 Å². The monoisotopic (exact) mass is 213 g/mol. The summed E-state index contributed by atoms with van der Waals surface area (Å²) in [6.45, 7) is 1.45. The Bertz CT molecular complexity index is 243. The van der Waals surface area contributed by atoms with Crippen molar-refractivity contribution in [3.05, 3.63) is 0 Å². The molecule has 0 radical (unpaired) electrons. The second kappa shape index (κ2) is 5.70. The molecule has 5 heteroatoms. The predicted octanol–water partition coefficient (Wildman–Crippen LogP) is -0.491. The molecule has 0 spiro atoms. The van der Waals surface area contributed by atoms with Crippen LogP contribution in [0.25, 0.3) is 0 Å². The minimum Gasteiger partial charge on any atom is -0.352 e. The molecule has 0 aliphatic heterocycles. The van der Waals surface area contributed by atoms with E-state index in [1.807, 2.05) is 0 Å². The average molecular weight is 213 g/mol. The number of hydrogen-bond acceptors (Lipinski definition) is 3. The van der Waals surface area contributed by atoms with Crippen LogP contribution in [0.3, 0.4) is 0 Å². The Morgan fingerprint density at radius 1 is 1.40 bits per heavy atom. The number of carbonyl (C=O) groups is 2. The Morgan fingerprint density at radius 3 is 2.73 bits per heavy atom. The van der Waals surface area contributed by atoms with Gasteiger partial charge in [-0.3, -0.25) is 9.59 Å². The van der Waals surface area contributed by atoms with Gasteiger partial charge in [-0.05, 0) is 25.7 Å². The van der Waals surface area contributed by atoms with Crippen LogP contribution in [0, 0.1) is 0 Å². The van der Waals surface area contributed by atoms with Crippen molar-refractivity contribution in [1.82, 2.24) is 10.6 Å². The Kier molecular flexibility index (Phi) is 4.55. The van der Waals surface area contributed by atoms with E-state index >= 15 is 0 Å². The summed E-state index contributed by atoms with van der Waals surface area (Å²) in [7, 11) is 0. The maximum absolute atomic E-state index is 11.4. The van der Waals surface area contributed by atoms with Crippen LogP contribution in [-0.4, -0.2) is 30.4 Å². The van der Waals surface area contributed by atoms with Crippen LogP contribution in [-0.2, 0) is 9.59 Å². The Balaban J connectivity index is 2.22. The van der Waals surface area contributed by atoms with Gasteiger partial charge in [-0.25, -0.2) is 0 Å². The lowest BCUT2D eigenvalue weighted by atomic mass is 9.91. The summed E-state index contributed by atoms with van der Waals surface area (Å²) in [4.78, 5) is 21.9. The van der Waals surface area contributed by atoms with Gasteiger partial charge in [-0.15, -0.1) is 0 Å². The molecular weight excluding hydrogens is 194 g/mol. The molecule has 0 aromatic heterocycles. The Labute approximate surface area is 89.8 Å². The minimum absolute atomic E-state index is 0.0566. The van der Waals surface area contributed by atoms with Crippen LogP contribution < -0.4 is 16.4 Å². The maximum atomic E-state index is 11.4. The van der Waals surface area contributed by atoms with Gasteiger partial charge in [-0.2, -0.15) is 0 Å². The van der Waals surface area contributed by atoms with Gasteiger partial charge in [0.25, 0.3) is 0 Å². The standard InChI is InChI=1S/C10H19N3O2/c1-7(14)12-6-10(15)13-9-4-2-3-8(11)5-9/h8-9H,2-6,11H2,1H3,(H,12,14)(H,13,15). The lowest BCUT2D eigenvalue weighted by Gasteiger charge is -2.27. The smallest absolute Gasteiger partial charge is 0.239 e. The molecule has 2 unspecified atom stereocenters. The zero-order valence-electron chi connectivity index (χ0n) is 9.08. The predicted molar refractivity (Wildman–Crippen MR) is 57.1 cm³/mol. The normalized spacial score (nSPS) is 25.7. The van der Waals surface area contributed by atoms with E-state index in [0.717, 1.165) is 25.7 Å². The van der Waals surface area contributed by atoms with E-state index in [2.05, 4.69) is 10.6 Å². The van der Waals surface area contributed by atoms with Crippen molar-refractivity contribution in [3.8, 4) is 0 Å². The highest BCUT2D eigenvalue weighted by Crippen LogP contribution is 2.16. The molecule has 0 aromatic carbocycles. The summed E-state index contributed by atoms with van der Waals surface area (Å²) in [5.41, 5.74) is 5.80. The van der Waals surface area contributed by atoms with Crippen molar-refractivity contribution < 1.29 is 9.59 Å². The third-order valence-electron chi connectivity index (χ3n) is 2.58. The summed E-state index contributed by atoms with van der Waals surface area (Å²) in [5, 5.41) is 5.33. The van der Waals surface area contributed by atoms with Gasteiger partial charge in [0, 0.05) is 19.0 Å². The first kappa shape index (κ1) is 12.0. The quantitative estimate of drug-likeness (QED) is 0.591. The number of hydrogen-bond donors (Lipinski definition) is 3. The summed E-state index contributed by atoms with van der Waals surface area (Å²) >= 11 is 0. The number of nitrogens with one attached hydrogen (secondary N) is 2. The third-order valence-corrected chi connectivity index (χ3v) is 2.58. The van der Waals surface area contributed by atoms with Gasteiger partial charge < -0.3 is 16.4 Å². The fourth-order valence-electron chi connectivity index (χ4n) is 1.84. The van der Waals surface area contributed by atoms with Gasteiger partial charge >= 0.3 is 0 Å². The zero-order chi connectivity index (χ0) is 11.3. The molecule has 86 valence electrons. The molecule has 0 bridgehead atoms. The largest absolute Gasteiger partial charge is 0.352 e. The molecule has 1 aliphatic rings. The molecule has 5 nitrogen and oxygen atoms in total. The molecule has 0 aromatic rings. The molecule has 1 aliphatic carbocycles.